The molecule has 2 rings (SSSR count). The van der Waals surface area contributed by atoms with E-state index in [1.54, 1.807) is 18.4 Å². The van der Waals surface area contributed by atoms with Crippen LogP contribution in [0.4, 0.5) is 5.13 Å². The average molecular weight is 274 g/mol. The Hall–Kier alpha value is -0.300. The largest absolute Gasteiger partial charge is 0.391 e. The summed E-state index contributed by atoms with van der Waals surface area (Å²) in [6.45, 7) is 2.65. The van der Waals surface area contributed by atoms with E-state index in [-0.39, 0.29) is 6.61 Å². The molecule has 96 valence electrons. The molecule has 2 heterocycles. The highest BCUT2D eigenvalue weighted by atomic mass is 32.2. The van der Waals surface area contributed by atoms with Crippen LogP contribution >= 0.6 is 23.1 Å². The van der Waals surface area contributed by atoms with Crippen LogP contribution in [0.2, 0.25) is 0 Å². The molecule has 1 aromatic heterocycles. The van der Waals surface area contributed by atoms with Gasteiger partial charge in [-0.3, -0.25) is 0 Å². The van der Waals surface area contributed by atoms with Crippen molar-refractivity contribution in [1.29, 1.82) is 0 Å². The molecule has 0 amide bonds. The molecule has 0 atom stereocenters. The standard InChI is InChI=1S/C11H18N2O2S2/c1-15-8-9-10(7-14)17-11(12-9)13-3-2-5-16-6-4-13/h14H,2-8H2,1H3. The normalized spacial score (nSPS) is 17.2. The van der Waals surface area contributed by atoms with Crippen molar-refractivity contribution in [3.8, 4) is 0 Å². The van der Waals surface area contributed by atoms with Crippen LogP contribution in [0.3, 0.4) is 0 Å². The van der Waals surface area contributed by atoms with Crippen molar-refractivity contribution < 1.29 is 9.84 Å². The molecule has 1 saturated heterocycles. The van der Waals surface area contributed by atoms with Crippen LogP contribution in [-0.4, -0.2) is 41.8 Å². The summed E-state index contributed by atoms with van der Waals surface area (Å²) in [5.41, 5.74) is 0.881. The van der Waals surface area contributed by atoms with E-state index in [1.807, 2.05) is 11.8 Å². The SMILES string of the molecule is COCc1nc(N2CCCSCC2)sc1CO. The number of rotatable bonds is 4. The van der Waals surface area contributed by atoms with Crippen molar-refractivity contribution in [3.63, 3.8) is 0 Å². The van der Waals surface area contributed by atoms with Crippen LogP contribution in [-0.2, 0) is 18.0 Å². The van der Waals surface area contributed by atoms with Gasteiger partial charge in [-0.2, -0.15) is 11.8 Å². The molecule has 0 bridgehead atoms. The Labute approximate surface area is 110 Å². The fourth-order valence-corrected chi connectivity index (χ4v) is 3.68. The predicted molar refractivity (Wildman–Crippen MR) is 72.9 cm³/mol. The molecule has 0 saturated carbocycles. The Morgan fingerprint density at radius 1 is 1.41 bits per heavy atom. The van der Waals surface area contributed by atoms with E-state index < -0.39 is 0 Å². The smallest absolute Gasteiger partial charge is 0.185 e. The van der Waals surface area contributed by atoms with Crippen LogP contribution in [0, 0.1) is 0 Å². The number of methoxy groups -OCH3 is 1. The minimum absolute atomic E-state index is 0.0545. The lowest BCUT2D eigenvalue weighted by Gasteiger charge is -2.18. The minimum Gasteiger partial charge on any atom is -0.391 e. The van der Waals surface area contributed by atoms with Gasteiger partial charge in [0.15, 0.2) is 5.13 Å². The maximum Gasteiger partial charge on any atom is 0.185 e. The van der Waals surface area contributed by atoms with E-state index in [9.17, 15) is 5.11 Å². The Morgan fingerprint density at radius 2 is 2.29 bits per heavy atom. The number of hydrogen-bond acceptors (Lipinski definition) is 6. The molecule has 1 fully saturated rings. The van der Waals surface area contributed by atoms with Crippen molar-refractivity contribution in [3.05, 3.63) is 10.6 Å². The van der Waals surface area contributed by atoms with Gasteiger partial charge >= 0.3 is 0 Å². The van der Waals surface area contributed by atoms with E-state index in [4.69, 9.17) is 4.74 Å². The lowest BCUT2D eigenvalue weighted by molar-refractivity contribution is 0.179. The van der Waals surface area contributed by atoms with Crippen LogP contribution in [0.5, 0.6) is 0 Å². The molecule has 1 aliphatic heterocycles. The lowest BCUT2D eigenvalue weighted by Crippen LogP contribution is -2.25. The Morgan fingerprint density at radius 3 is 3.06 bits per heavy atom. The molecule has 1 aliphatic rings. The van der Waals surface area contributed by atoms with Gasteiger partial charge in [-0.1, -0.05) is 11.3 Å². The summed E-state index contributed by atoms with van der Waals surface area (Å²) in [6.07, 6.45) is 1.21. The number of aromatic nitrogens is 1. The van der Waals surface area contributed by atoms with E-state index >= 15 is 0 Å². The van der Waals surface area contributed by atoms with Crippen molar-refractivity contribution in [1.82, 2.24) is 4.98 Å². The van der Waals surface area contributed by atoms with Crippen LogP contribution in [0.15, 0.2) is 0 Å². The van der Waals surface area contributed by atoms with E-state index in [1.165, 1.54) is 12.2 Å². The number of thioether (sulfide) groups is 1. The van der Waals surface area contributed by atoms with Gasteiger partial charge in [0, 0.05) is 26.0 Å². The van der Waals surface area contributed by atoms with Gasteiger partial charge in [-0.05, 0) is 12.2 Å². The lowest BCUT2D eigenvalue weighted by atomic mass is 10.4. The van der Waals surface area contributed by atoms with E-state index in [0.717, 1.165) is 34.5 Å². The predicted octanol–water partition coefficient (Wildman–Crippen LogP) is 1.73. The van der Waals surface area contributed by atoms with Crippen molar-refractivity contribution >= 4 is 28.2 Å². The molecule has 0 aliphatic carbocycles. The van der Waals surface area contributed by atoms with E-state index in [0.29, 0.717) is 6.61 Å². The number of aliphatic hydroxyl groups excluding tert-OH is 1. The Balaban J connectivity index is 2.13. The van der Waals surface area contributed by atoms with Gasteiger partial charge in [-0.15, -0.1) is 0 Å². The van der Waals surface area contributed by atoms with Crippen molar-refractivity contribution in [2.24, 2.45) is 0 Å². The Bertz CT molecular complexity index is 349. The summed E-state index contributed by atoms with van der Waals surface area (Å²) in [4.78, 5) is 7.84. The molecule has 1 aromatic rings. The monoisotopic (exact) mass is 274 g/mol. The quantitative estimate of drug-likeness (QED) is 0.906. The van der Waals surface area contributed by atoms with Crippen molar-refractivity contribution in [2.45, 2.75) is 19.6 Å². The molecular formula is C11H18N2O2S2. The fraction of sp³-hybridized carbons (Fsp3) is 0.727. The molecule has 17 heavy (non-hydrogen) atoms. The zero-order chi connectivity index (χ0) is 12.1. The summed E-state index contributed by atoms with van der Waals surface area (Å²) in [5, 5.41) is 10.3. The minimum atomic E-state index is 0.0545. The number of thiazole rings is 1. The maximum atomic E-state index is 9.30. The second-order valence-electron chi connectivity index (χ2n) is 3.91. The zero-order valence-corrected chi connectivity index (χ0v) is 11.6. The van der Waals surface area contributed by atoms with Gasteiger partial charge in [0.1, 0.15) is 0 Å². The second kappa shape index (κ2) is 6.58. The molecule has 0 aromatic carbocycles. The first-order valence-corrected chi connectivity index (χ1v) is 7.73. The van der Waals surface area contributed by atoms with Crippen molar-refractivity contribution in [2.75, 3.05) is 36.6 Å². The third kappa shape index (κ3) is 3.34. The molecular weight excluding hydrogens is 256 g/mol. The highest BCUT2D eigenvalue weighted by molar-refractivity contribution is 7.99. The van der Waals surface area contributed by atoms with Crippen LogP contribution in [0.1, 0.15) is 17.0 Å². The second-order valence-corrected chi connectivity index (χ2v) is 6.20. The number of anilines is 1. The maximum absolute atomic E-state index is 9.30. The summed E-state index contributed by atoms with van der Waals surface area (Å²) in [7, 11) is 1.66. The molecule has 0 radical (unpaired) electrons. The molecule has 0 unspecified atom stereocenters. The van der Waals surface area contributed by atoms with Gasteiger partial charge in [0.05, 0.1) is 23.8 Å². The first kappa shape index (κ1) is 13.1. The van der Waals surface area contributed by atoms with Gasteiger partial charge < -0.3 is 14.7 Å². The molecule has 6 heteroatoms. The number of ether oxygens (including phenoxy) is 1. The third-order valence-corrected chi connectivity index (χ3v) is 4.88. The molecule has 1 N–H and O–H groups in total. The van der Waals surface area contributed by atoms with Crippen LogP contribution in [0.25, 0.3) is 0 Å². The zero-order valence-electron chi connectivity index (χ0n) is 10.0. The highest BCUT2D eigenvalue weighted by Crippen LogP contribution is 2.28. The number of aliphatic hydroxyl groups is 1. The summed E-state index contributed by atoms with van der Waals surface area (Å²) in [6, 6.07) is 0. The topological polar surface area (TPSA) is 45.6 Å². The summed E-state index contributed by atoms with van der Waals surface area (Å²) < 4.78 is 5.11. The molecule has 4 nitrogen and oxygen atoms in total. The first-order chi connectivity index (χ1) is 8.35. The van der Waals surface area contributed by atoms with Gasteiger partial charge in [-0.25, -0.2) is 4.98 Å². The van der Waals surface area contributed by atoms with Crippen LogP contribution < -0.4 is 4.90 Å². The first-order valence-electron chi connectivity index (χ1n) is 5.76. The van der Waals surface area contributed by atoms with Gasteiger partial charge in [0.2, 0.25) is 0 Å². The number of hydrogen-bond donors (Lipinski definition) is 1. The highest BCUT2D eigenvalue weighted by Gasteiger charge is 2.17. The Kier molecular flexibility index (Phi) is 5.09. The number of nitrogens with zero attached hydrogens (tertiary/aromatic N) is 2. The van der Waals surface area contributed by atoms with E-state index in [2.05, 4.69) is 9.88 Å². The van der Waals surface area contributed by atoms with Gasteiger partial charge in [0.25, 0.3) is 0 Å². The fourth-order valence-electron chi connectivity index (χ4n) is 1.82. The molecule has 0 spiro atoms. The summed E-state index contributed by atoms with van der Waals surface area (Å²) >= 11 is 3.59. The summed E-state index contributed by atoms with van der Waals surface area (Å²) in [5.74, 6) is 2.40. The third-order valence-electron chi connectivity index (χ3n) is 2.68. The average Bonchev–Trinajstić information content (AvgIpc) is 2.58.